The smallest absolute Gasteiger partial charge is 0.260 e. The van der Waals surface area contributed by atoms with Crippen molar-refractivity contribution in [3.8, 4) is 11.5 Å². The molecule has 1 saturated heterocycles. The summed E-state index contributed by atoms with van der Waals surface area (Å²) in [5.41, 5.74) is 2.90. The van der Waals surface area contributed by atoms with Crippen LogP contribution in [0.3, 0.4) is 0 Å². The van der Waals surface area contributed by atoms with Crippen molar-refractivity contribution in [1.29, 1.82) is 0 Å². The molecule has 3 aliphatic rings. The summed E-state index contributed by atoms with van der Waals surface area (Å²) in [5.74, 6) is 0.195. The van der Waals surface area contributed by atoms with Crippen LogP contribution in [0.1, 0.15) is 53.3 Å². The first kappa shape index (κ1) is 32.1. The molecule has 0 radical (unpaired) electrons. The van der Waals surface area contributed by atoms with Crippen molar-refractivity contribution >= 4 is 47.4 Å². The zero-order valence-corrected chi connectivity index (χ0v) is 26.2. The number of nitrogens with zero attached hydrogens (tertiary/aromatic N) is 4. The van der Waals surface area contributed by atoms with E-state index < -0.39 is 0 Å². The van der Waals surface area contributed by atoms with E-state index >= 15 is 0 Å². The number of fused-ring (bicyclic) bond motifs is 3. The summed E-state index contributed by atoms with van der Waals surface area (Å²) in [4.78, 5) is 63.7. The Bertz CT molecular complexity index is 1630. The average molecular weight is 627 g/mol. The number of hydrogen-bond donors (Lipinski definition) is 2. The first-order valence-electron chi connectivity index (χ1n) is 15.3. The van der Waals surface area contributed by atoms with Crippen LogP contribution in [-0.4, -0.2) is 91.8 Å². The van der Waals surface area contributed by atoms with E-state index in [1.165, 1.54) is 24.3 Å². The highest BCUT2D eigenvalue weighted by atomic mass is 16.5. The Kier molecular flexibility index (Phi) is 10.3. The van der Waals surface area contributed by atoms with Gasteiger partial charge in [-0.05, 0) is 67.7 Å². The third kappa shape index (κ3) is 7.33. The summed E-state index contributed by atoms with van der Waals surface area (Å²) in [6, 6.07) is 9.87. The zero-order chi connectivity index (χ0) is 32.6. The third-order valence-corrected chi connectivity index (χ3v) is 8.08. The molecule has 240 valence electrons. The molecule has 46 heavy (non-hydrogen) atoms. The monoisotopic (exact) mass is 626 g/mol. The van der Waals surface area contributed by atoms with Crippen LogP contribution in [-0.2, 0) is 9.59 Å². The number of amides is 4. The number of benzene rings is 2. The summed E-state index contributed by atoms with van der Waals surface area (Å²) in [6.45, 7) is 3.16. The number of nitrogens with one attached hydrogen (secondary N) is 2. The Labute approximate surface area is 267 Å². The molecule has 4 amide bonds. The molecule has 5 rings (SSSR count). The molecule has 1 fully saturated rings. The van der Waals surface area contributed by atoms with Crippen LogP contribution in [0.2, 0.25) is 0 Å². The number of hydrogen-bond acceptors (Lipinski definition) is 8. The fraction of sp³-hybridized carbons (Fsp3) is 0.353. The number of carbonyl (C=O) groups is 4. The topological polar surface area (TPSA) is 142 Å². The van der Waals surface area contributed by atoms with E-state index in [4.69, 9.17) is 9.47 Å². The number of ether oxygens (including phenoxy) is 2. The van der Waals surface area contributed by atoms with Gasteiger partial charge in [0.05, 0.1) is 48.8 Å². The quantitative estimate of drug-likeness (QED) is 0.288. The maximum atomic E-state index is 13.3. The predicted molar refractivity (Wildman–Crippen MR) is 174 cm³/mol. The normalized spacial score (nSPS) is 19.4. The van der Waals surface area contributed by atoms with E-state index in [2.05, 4.69) is 20.6 Å². The summed E-state index contributed by atoms with van der Waals surface area (Å²) < 4.78 is 10.5. The van der Waals surface area contributed by atoms with Gasteiger partial charge in [-0.2, -0.15) is 0 Å². The molecule has 0 spiro atoms. The lowest BCUT2D eigenvalue weighted by Gasteiger charge is -2.23. The van der Waals surface area contributed by atoms with Crippen molar-refractivity contribution in [2.24, 2.45) is 9.98 Å². The van der Waals surface area contributed by atoms with Crippen LogP contribution in [0.25, 0.3) is 0 Å². The van der Waals surface area contributed by atoms with E-state index in [0.29, 0.717) is 79.3 Å². The molecule has 2 aromatic carbocycles. The Morgan fingerprint density at radius 2 is 1.50 bits per heavy atom. The molecule has 0 aromatic heterocycles. The van der Waals surface area contributed by atoms with Gasteiger partial charge in [0, 0.05) is 50.4 Å². The molecular weight excluding hydrogens is 588 g/mol. The van der Waals surface area contributed by atoms with E-state index in [0.717, 1.165) is 5.57 Å². The van der Waals surface area contributed by atoms with Gasteiger partial charge in [-0.3, -0.25) is 29.2 Å². The third-order valence-electron chi connectivity index (χ3n) is 8.08. The second-order valence-electron chi connectivity index (χ2n) is 11.1. The van der Waals surface area contributed by atoms with Gasteiger partial charge in [-0.25, -0.2) is 0 Å². The summed E-state index contributed by atoms with van der Waals surface area (Å²) in [6.07, 6.45) is 10.4. The highest BCUT2D eigenvalue weighted by Crippen LogP contribution is 2.33. The SMILES string of the molecule is CC[C@H]1C=Nc2ccc(OC)cc2C(=O)N1/C=C/C(=O)NCCCCNC(=O)/C=C1/C[C@H]2C=Nc3ccc(OC)cc3C(=O)N2C1. The van der Waals surface area contributed by atoms with E-state index in [9.17, 15) is 19.2 Å². The Morgan fingerprint density at radius 1 is 0.891 bits per heavy atom. The molecule has 2 aromatic rings. The highest BCUT2D eigenvalue weighted by molar-refractivity contribution is 6.04. The van der Waals surface area contributed by atoms with Gasteiger partial charge in [0.15, 0.2) is 0 Å². The van der Waals surface area contributed by atoms with Crippen LogP contribution in [0.5, 0.6) is 11.5 Å². The molecular formula is C34H38N6O6. The molecule has 2 atom stereocenters. The van der Waals surface area contributed by atoms with Crippen molar-refractivity contribution in [1.82, 2.24) is 20.4 Å². The molecule has 0 unspecified atom stereocenters. The molecule has 12 heteroatoms. The van der Waals surface area contributed by atoms with Gasteiger partial charge in [0.25, 0.3) is 11.8 Å². The Morgan fingerprint density at radius 3 is 2.13 bits per heavy atom. The maximum absolute atomic E-state index is 13.3. The summed E-state index contributed by atoms with van der Waals surface area (Å²) in [5, 5.41) is 5.70. The molecule has 3 aliphatic heterocycles. The van der Waals surface area contributed by atoms with Crippen molar-refractivity contribution < 1.29 is 28.7 Å². The number of methoxy groups -OCH3 is 2. The lowest BCUT2D eigenvalue weighted by molar-refractivity contribution is -0.117. The van der Waals surface area contributed by atoms with Crippen molar-refractivity contribution in [2.45, 2.75) is 44.7 Å². The minimum absolute atomic E-state index is 0.139. The minimum atomic E-state index is -0.323. The maximum Gasteiger partial charge on any atom is 0.260 e. The van der Waals surface area contributed by atoms with Crippen LogP contribution >= 0.6 is 0 Å². The van der Waals surface area contributed by atoms with E-state index in [-0.39, 0.29) is 35.7 Å². The first-order chi connectivity index (χ1) is 22.3. The molecule has 0 saturated carbocycles. The van der Waals surface area contributed by atoms with Crippen molar-refractivity contribution in [3.05, 3.63) is 71.5 Å². The molecule has 12 nitrogen and oxygen atoms in total. The van der Waals surface area contributed by atoms with Gasteiger partial charge < -0.3 is 29.9 Å². The standard InChI is InChI=1S/C34H38N6O6/c1-4-23-19-37-29-9-7-25(45-2)17-27(29)33(43)39(23)14-11-31(41)35-12-5-6-13-36-32(42)16-22-15-24-20-38-30-10-8-26(46-3)18-28(30)34(44)40(24)21-22/h7-11,14,16-20,23-24H,4-6,12-13,15,21H2,1-3H3,(H,35,41)(H,36,42)/b14-11+,22-16-/t23-,24-/m0/s1. The van der Waals surface area contributed by atoms with Gasteiger partial charge in [-0.1, -0.05) is 6.92 Å². The van der Waals surface area contributed by atoms with E-state index in [1.807, 2.05) is 6.92 Å². The Hall–Kier alpha value is -5.26. The molecule has 3 heterocycles. The lowest BCUT2D eigenvalue weighted by atomic mass is 10.1. The average Bonchev–Trinajstić information content (AvgIpc) is 3.35. The van der Waals surface area contributed by atoms with Crippen LogP contribution < -0.4 is 20.1 Å². The van der Waals surface area contributed by atoms with Crippen LogP contribution in [0.4, 0.5) is 11.4 Å². The number of carbonyl (C=O) groups excluding carboxylic acids is 4. The lowest BCUT2D eigenvalue weighted by Crippen LogP contribution is -2.36. The van der Waals surface area contributed by atoms with E-state index in [1.54, 1.807) is 66.9 Å². The summed E-state index contributed by atoms with van der Waals surface area (Å²) >= 11 is 0. The second kappa shape index (κ2) is 14.7. The molecule has 2 N–H and O–H groups in total. The second-order valence-corrected chi connectivity index (χ2v) is 11.1. The van der Waals surface area contributed by atoms with Crippen LogP contribution in [0, 0.1) is 0 Å². The highest BCUT2D eigenvalue weighted by Gasteiger charge is 2.34. The Balaban J connectivity index is 1.04. The van der Waals surface area contributed by atoms with Crippen LogP contribution in [0.15, 0.2) is 70.3 Å². The summed E-state index contributed by atoms with van der Waals surface area (Å²) in [7, 11) is 3.09. The van der Waals surface area contributed by atoms with Gasteiger partial charge in [0.2, 0.25) is 11.8 Å². The fourth-order valence-corrected chi connectivity index (χ4v) is 5.54. The minimum Gasteiger partial charge on any atom is -0.497 e. The largest absolute Gasteiger partial charge is 0.497 e. The van der Waals surface area contributed by atoms with Crippen molar-refractivity contribution in [3.63, 3.8) is 0 Å². The van der Waals surface area contributed by atoms with Gasteiger partial charge in [0.1, 0.15) is 11.5 Å². The van der Waals surface area contributed by atoms with Gasteiger partial charge >= 0.3 is 0 Å². The zero-order valence-electron chi connectivity index (χ0n) is 26.2. The number of aliphatic imine (C=N–C) groups is 2. The predicted octanol–water partition coefficient (Wildman–Crippen LogP) is 3.72. The first-order valence-corrected chi connectivity index (χ1v) is 15.3. The number of unbranched alkanes of at least 4 members (excludes halogenated alkanes) is 1. The molecule has 0 aliphatic carbocycles. The number of rotatable bonds is 11. The van der Waals surface area contributed by atoms with Gasteiger partial charge in [-0.15, -0.1) is 0 Å². The fourth-order valence-electron chi connectivity index (χ4n) is 5.54. The molecule has 0 bridgehead atoms. The van der Waals surface area contributed by atoms with Crippen molar-refractivity contribution in [2.75, 3.05) is 33.9 Å².